The average Bonchev–Trinajstić information content (AvgIpc) is 2.95. The Labute approximate surface area is 222 Å². The van der Waals surface area contributed by atoms with E-state index in [1.807, 2.05) is 30.3 Å². The standard InChI is InChI=1S/C31H43N5O/c1-3-36(4-2)21-9-20-34-31(37)26-16-14-25(15-17-26)29-22-30(27-12-5-6-13-28(27)35-29)33-19-8-11-24-10-7-18-32-23-24/h5-6,12-17,22,24,32H,3-4,7-11,18-21,23H2,1-2H3,(H,33,35)(H,34,37). The van der Waals surface area contributed by atoms with Gasteiger partial charge in [-0.3, -0.25) is 4.79 Å². The van der Waals surface area contributed by atoms with Crippen LogP contribution in [0.2, 0.25) is 0 Å². The van der Waals surface area contributed by atoms with Gasteiger partial charge in [0.25, 0.3) is 5.91 Å². The lowest BCUT2D eigenvalue weighted by Gasteiger charge is -2.22. The zero-order chi connectivity index (χ0) is 25.9. The highest BCUT2D eigenvalue weighted by Crippen LogP contribution is 2.29. The van der Waals surface area contributed by atoms with Gasteiger partial charge in [0.05, 0.1) is 11.2 Å². The number of aromatic nitrogens is 1. The van der Waals surface area contributed by atoms with Gasteiger partial charge in [0.1, 0.15) is 0 Å². The van der Waals surface area contributed by atoms with E-state index >= 15 is 0 Å². The second kappa shape index (κ2) is 14.1. The number of carbonyl (C=O) groups is 1. The van der Waals surface area contributed by atoms with E-state index in [1.165, 1.54) is 25.8 Å². The summed E-state index contributed by atoms with van der Waals surface area (Å²) in [6, 6.07) is 18.3. The van der Waals surface area contributed by atoms with Crippen LogP contribution in [-0.2, 0) is 0 Å². The Morgan fingerprint density at radius 3 is 2.62 bits per heavy atom. The van der Waals surface area contributed by atoms with Crippen LogP contribution in [0.4, 0.5) is 5.69 Å². The van der Waals surface area contributed by atoms with Crippen molar-refractivity contribution in [3.05, 3.63) is 60.2 Å². The van der Waals surface area contributed by atoms with E-state index in [-0.39, 0.29) is 5.91 Å². The minimum absolute atomic E-state index is 0.0203. The van der Waals surface area contributed by atoms with Gasteiger partial charge in [-0.15, -0.1) is 0 Å². The maximum atomic E-state index is 12.6. The molecule has 1 aromatic heterocycles. The molecule has 37 heavy (non-hydrogen) atoms. The fourth-order valence-corrected chi connectivity index (χ4v) is 5.19. The normalized spacial score (nSPS) is 15.7. The van der Waals surface area contributed by atoms with Gasteiger partial charge < -0.3 is 20.9 Å². The van der Waals surface area contributed by atoms with Crippen LogP contribution in [0.1, 0.15) is 56.3 Å². The highest BCUT2D eigenvalue weighted by Gasteiger charge is 2.13. The highest BCUT2D eigenvalue weighted by atomic mass is 16.1. The van der Waals surface area contributed by atoms with Gasteiger partial charge in [-0.05, 0) is 95.0 Å². The van der Waals surface area contributed by atoms with Gasteiger partial charge in [0, 0.05) is 35.3 Å². The molecule has 0 spiro atoms. The SMILES string of the molecule is CCN(CC)CCCNC(=O)c1ccc(-c2cc(NCCCC3CCCNC3)c3ccccc3n2)cc1. The van der Waals surface area contributed by atoms with Crippen molar-refractivity contribution in [2.24, 2.45) is 5.92 Å². The van der Waals surface area contributed by atoms with Crippen molar-refractivity contribution in [2.45, 2.75) is 46.0 Å². The first-order valence-corrected chi connectivity index (χ1v) is 14.1. The van der Waals surface area contributed by atoms with Crippen LogP contribution in [0, 0.1) is 5.92 Å². The minimum Gasteiger partial charge on any atom is -0.384 e. The minimum atomic E-state index is -0.0203. The molecule has 0 radical (unpaired) electrons. The summed E-state index contributed by atoms with van der Waals surface area (Å²) in [6.45, 7) is 11.4. The lowest BCUT2D eigenvalue weighted by Crippen LogP contribution is -2.29. The van der Waals surface area contributed by atoms with E-state index in [9.17, 15) is 4.79 Å². The van der Waals surface area contributed by atoms with Crippen molar-refractivity contribution in [1.29, 1.82) is 0 Å². The van der Waals surface area contributed by atoms with Crippen molar-refractivity contribution in [1.82, 2.24) is 20.5 Å². The molecule has 1 saturated heterocycles. The smallest absolute Gasteiger partial charge is 0.251 e. The third-order valence-corrected chi connectivity index (χ3v) is 7.49. The molecule has 4 rings (SSSR count). The summed E-state index contributed by atoms with van der Waals surface area (Å²) in [7, 11) is 0. The van der Waals surface area contributed by atoms with E-state index in [1.54, 1.807) is 0 Å². The summed E-state index contributed by atoms with van der Waals surface area (Å²) in [5.41, 5.74) is 4.72. The van der Waals surface area contributed by atoms with E-state index < -0.39 is 0 Å². The molecule has 6 nitrogen and oxygen atoms in total. The first-order chi connectivity index (χ1) is 18.2. The summed E-state index contributed by atoms with van der Waals surface area (Å²) in [5, 5.41) is 11.4. The molecule has 0 saturated carbocycles. The molecule has 0 bridgehead atoms. The molecular weight excluding hydrogens is 458 g/mol. The summed E-state index contributed by atoms with van der Waals surface area (Å²) >= 11 is 0. The number of para-hydroxylation sites is 1. The molecular formula is C31H43N5O. The predicted octanol–water partition coefficient (Wildman–Crippen LogP) is 5.56. The number of carbonyl (C=O) groups excluding carboxylic acids is 1. The molecule has 0 aliphatic carbocycles. The lowest BCUT2D eigenvalue weighted by molar-refractivity contribution is 0.0952. The van der Waals surface area contributed by atoms with E-state index in [0.717, 1.165) is 79.3 Å². The van der Waals surface area contributed by atoms with Crippen molar-refractivity contribution >= 4 is 22.5 Å². The van der Waals surface area contributed by atoms with Crippen molar-refractivity contribution in [3.8, 4) is 11.3 Å². The van der Waals surface area contributed by atoms with Gasteiger partial charge in [-0.2, -0.15) is 0 Å². The number of nitrogens with one attached hydrogen (secondary N) is 3. The molecule has 6 heteroatoms. The lowest BCUT2D eigenvalue weighted by atomic mass is 9.95. The van der Waals surface area contributed by atoms with E-state index in [4.69, 9.17) is 4.98 Å². The van der Waals surface area contributed by atoms with Crippen molar-refractivity contribution in [2.75, 3.05) is 51.1 Å². The Balaban J connectivity index is 1.38. The highest BCUT2D eigenvalue weighted by molar-refractivity contribution is 5.96. The van der Waals surface area contributed by atoms with Crippen molar-refractivity contribution in [3.63, 3.8) is 0 Å². The number of rotatable bonds is 13. The van der Waals surface area contributed by atoms with Gasteiger partial charge >= 0.3 is 0 Å². The molecule has 1 atom stereocenters. The Morgan fingerprint density at radius 1 is 1.05 bits per heavy atom. The van der Waals surface area contributed by atoms with Crippen LogP contribution in [-0.4, -0.2) is 61.6 Å². The average molecular weight is 502 g/mol. The van der Waals surface area contributed by atoms with Crippen LogP contribution >= 0.6 is 0 Å². The summed E-state index contributed by atoms with van der Waals surface area (Å²) < 4.78 is 0. The summed E-state index contributed by atoms with van der Waals surface area (Å²) in [4.78, 5) is 19.9. The molecule has 1 aliphatic rings. The maximum Gasteiger partial charge on any atom is 0.251 e. The molecule has 3 aromatic rings. The van der Waals surface area contributed by atoms with Crippen LogP contribution in [0.3, 0.4) is 0 Å². The van der Waals surface area contributed by atoms with E-state index in [0.29, 0.717) is 12.1 Å². The zero-order valence-corrected chi connectivity index (χ0v) is 22.6. The number of hydrogen-bond acceptors (Lipinski definition) is 5. The number of fused-ring (bicyclic) bond motifs is 1. The summed E-state index contributed by atoms with van der Waals surface area (Å²) in [6.07, 6.45) is 6.03. The first kappa shape index (κ1) is 27.1. The molecule has 1 fully saturated rings. The van der Waals surface area contributed by atoms with Gasteiger partial charge in [0.15, 0.2) is 0 Å². The number of piperidine rings is 1. The Bertz CT molecular complexity index is 1120. The summed E-state index contributed by atoms with van der Waals surface area (Å²) in [5.74, 6) is 0.784. The quantitative estimate of drug-likeness (QED) is 0.268. The molecule has 2 heterocycles. The van der Waals surface area contributed by atoms with Gasteiger partial charge in [0.2, 0.25) is 0 Å². The Morgan fingerprint density at radius 2 is 1.86 bits per heavy atom. The monoisotopic (exact) mass is 501 g/mol. The topological polar surface area (TPSA) is 69.3 Å². The fraction of sp³-hybridized carbons (Fsp3) is 0.484. The maximum absolute atomic E-state index is 12.6. The second-order valence-corrected chi connectivity index (χ2v) is 10.1. The fourth-order valence-electron chi connectivity index (χ4n) is 5.19. The zero-order valence-electron chi connectivity index (χ0n) is 22.6. The van der Waals surface area contributed by atoms with Gasteiger partial charge in [-0.25, -0.2) is 4.98 Å². The van der Waals surface area contributed by atoms with Crippen LogP contribution in [0.15, 0.2) is 54.6 Å². The number of anilines is 1. The molecule has 1 amide bonds. The molecule has 198 valence electrons. The number of hydrogen-bond donors (Lipinski definition) is 3. The Kier molecular flexibility index (Phi) is 10.3. The molecule has 3 N–H and O–H groups in total. The number of amides is 1. The van der Waals surface area contributed by atoms with Crippen LogP contribution in [0.25, 0.3) is 22.2 Å². The van der Waals surface area contributed by atoms with Crippen LogP contribution < -0.4 is 16.0 Å². The second-order valence-electron chi connectivity index (χ2n) is 10.1. The number of pyridine rings is 1. The van der Waals surface area contributed by atoms with E-state index in [2.05, 4.69) is 59.0 Å². The van der Waals surface area contributed by atoms with Crippen molar-refractivity contribution < 1.29 is 4.79 Å². The van der Waals surface area contributed by atoms with Gasteiger partial charge in [-0.1, -0.05) is 44.2 Å². The third-order valence-electron chi connectivity index (χ3n) is 7.49. The Hall–Kier alpha value is -2.96. The molecule has 1 unspecified atom stereocenters. The molecule has 2 aromatic carbocycles. The number of nitrogens with zero attached hydrogens (tertiary/aromatic N) is 2. The van der Waals surface area contributed by atoms with Crippen LogP contribution in [0.5, 0.6) is 0 Å². The molecule has 1 aliphatic heterocycles. The first-order valence-electron chi connectivity index (χ1n) is 14.1. The third kappa shape index (κ3) is 7.76. The predicted molar refractivity (Wildman–Crippen MR) is 155 cm³/mol. The largest absolute Gasteiger partial charge is 0.384 e. The number of benzene rings is 2.